The van der Waals surface area contributed by atoms with Crippen LogP contribution >= 0.6 is 0 Å². The van der Waals surface area contributed by atoms with E-state index < -0.39 is 0 Å². The van der Waals surface area contributed by atoms with Gasteiger partial charge in [0.1, 0.15) is 0 Å². The van der Waals surface area contributed by atoms with Crippen LogP contribution in [0.3, 0.4) is 0 Å². The molecule has 1 aromatic carbocycles. The lowest BCUT2D eigenvalue weighted by molar-refractivity contribution is -0.118. The molecular formula is C22H27N5O2. The van der Waals surface area contributed by atoms with Crippen molar-refractivity contribution in [3.05, 3.63) is 53.9 Å². The van der Waals surface area contributed by atoms with Gasteiger partial charge >= 0.3 is 0 Å². The molecule has 7 nitrogen and oxygen atoms in total. The molecule has 1 aromatic heterocycles. The second kappa shape index (κ2) is 8.71. The molecule has 2 aromatic rings. The smallest absolute Gasteiger partial charge is 0.238 e. The number of carbonyl (C=O) groups excluding carboxylic acids is 2. The molecule has 4 rings (SSSR count). The van der Waals surface area contributed by atoms with Crippen molar-refractivity contribution in [2.75, 3.05) is 49.5 Å². The average molecular weight is 393 g/mol. The van der Waals surface area contributed by atoms with Gasteiger partial charge in [-0.1, -0.05) is 6.07 Å². The van der Waals surface area contributed by atoms with Crippen molar-refractivity contribution in [3.8, 4) is 0 Å². The molecule has 1 fully saturated rings. The summed E-state index contributed by atoms with van der Waals surface area (Å²) >= 11 is 0. The Morgan fingerprint density at radius 1 is 1.03 bits per heavy atom. The Labute approximate surface area is 171 Å². The van der Waals surface area contributed by atoms with E-state index in [1.807, 2.05) is 42.6 Å². The van der Waals surface area contributed by atoms with Crippen molar-refractivity contribution in [1.29, 1.82) is 0 Å². The highest BCUT2D eigenvalue weighted by molar-refractivity contribution is 5.96. The minimum Gasteiger partial charge on any atom is -0.325 e. The van der Waals surface area contributed by atoms with Crippen LogP contribution in [0.1, 0.15) is 18.2 Å². The summed E-state index contributed by atoms with van der Waals surface area (Å²) in [5.74, 6) is 0.0623. The third-order valence-electron chi connectivity index (χ3n) is 5.58. The lowest BCUT2D eigenvalue weighted by Gasteiger charge is -2.34. The third-order valence-corrected chi connectivity index (χ3v) is 5.58. The molecule has 0 spiro atoms. The molecule has 2 aliphatic rings. The van der Waals surface area contributed by atoms with Crippen LogP contribution in [-0.2, 0) is 22.6 Å². The topological polar surface area (TPSA) is 68.8 Å². The van der Waals surface area contributed by atoms with Gasteiger partial charge in [0.25, 0.3) is 0 Å². The first-order valence-corrected chi connectivity index (χ1v) is 10.1. The molecule has 0 aliphatic carbocycles. The van der Waals surface area contributed by atoms with E-state index in [4.69, 9.17) is 0 Å². The predicted octanol–water partition coefficient (Wildman–Crippen LogP) is 1.75. The first-order chi connectivity index (χ1) is 14.1. The van der Waals surface area contributed by atoms with E-state index in [9.17, 15) is 9.59 Å². The van der Waals surface area contributed by atoms with E-state index >= 15 is 0 Å². The molecular weight excluding hydrogens is 366 g/mol. The molecule has 29 heavy (non-hydrogen) atoms. The summed E-state index contributed by atoms with van der Waals surface area (Å²) in [6.07, 6.45) is 2.66. The Morgan fingerprint density at radius 2 is 1.83 bits per heavy atom. The lowest BCUT2D eigenvalue weighted by atomic mass is 10.1. The number of nitrogens with one attached hydrogen (secondary N) is 1. The van der Waals surface area contributed by atoms with Gasteiger partial charge in [-0.05, 0) is 42.3 Å². The Kier molecular flexibility index (Phi) is 5.87. The van der Waals surface area contributed by atoms with Crippen LogP contribution in [0.5, 0.6) is 0 Å². The maximum absolute atomic E-state index is 12.5. The van der Waals surface area contributed by atoms with Crippen molar-refractivity contribution in [2.24, 2.45) is 0 Å². The summed E-state index contributed by atoms with van der Waals surface area (Å²) in [7, 11) is 0. The number of carbonyl (C=O) groups is 2. The minimum absolute atomic E-state index is 0.00421. The zero-order valence-corrected chi connectivity index (χ0v) is 16.8. The van der Waals surface area contributed by atoms with Crippen LogP contribution in [0.15, 0.2) is 42.6 Å². The van der Waals surface area contributed by atoms with E-state index in [0.717, 1.165) is 61.8 Å². The van der Waals surface area contributed by atoms with E-state index in [-0.39, 0.29) is 11.8 Å². The van der Waals surface area contributed by atoms with Gasteiger partial charge in [-0.3, -0.25) is 24.4 Å². The maximum Gasteiger partial charge on any atom is 0.238 e. The number of hydrogen-bond donors (Lipinski definition) is 1. The summed E-state index contributed by atoms with van der Waals surface area (Å²) in [5, 5.41) is 3.01. The van der Waals surface area contributed by atoms with Gasteiger partial charge in [-0.25, -0.2) is 0 Å². The zero-order valence-electron chi connectivity index (χ0n) is 16.8. The summed E-state index contributed by atoms with van der Waals surface area (Å²) in [4.78, 5) is 34.9. The Morgan fingerprint density at radius 3 is 2.55 bits per heavy atom. The molecule has 152 valence electrons. The van der Waals surface area contributed by atoms with E-state index in [0.29, 0.717) is 13.1 Å². The van der Waals surface area contributed by atoms with Crippen molar-refractivity contribution in [2.45, 2.75) is 19.9 Å². The normalized spacial score (nSPS) is 17.2. The highest BCUT2D eigenvalue weighted by atomic mass is 16.2. The Hall–Kier alpha value is -2.77. The number of benzene rings is 1. The van der Waals surface area contributed by atoms with Gasteiger partial charge in [0, 0.05) is 63.8 Å². The maximum atomic E-state index is 12.5. The highest BCUT2D eigenvalue weighted by Gasteiger charge is 2.23. The number of aromatic nitrogens is 1. The lowest BCUT2D eigenvalue weighted by Crippen LogP contribution is -2.48. The third kappa shape index (κ3) is 4.81. The quantitative estimate of drug-likeness (QED) is 0.838. The zero-order chi connectivity index (χ0) is 20.2. The summed E-state index contributed by atoms with van der Waals surface area (Å²) in [6.45, 7) is 7.16. The fraction of sp³-hybridized carbons (Fsp3) is 0.409. The number of piperazine rings is 1. The fourth-order valence-corrected chi connectivity index (χ4v) is 4.04. The van der Waals surface area contributed by atoms with Crippen LogP contribution in [0, 0.1) is 0 Å². The number of amides is 2. The van der Waals surface area contributed by atoms with Crippen LogP contribution in [0.2, 0.25) is 0 Å². The first-order valence-electron chi connectivity index (χ1n) is 10.1. The Balaban J connectivity index is 1.25. The van der Waals surface area contributed by atoms with Gasteiger partial charge in [0.15, 0.2) is 0 Å². The molecule has 2 aliphatic heterocycles. The largest absolute Gasteiger partial charge is 0.325 e. The number of anilines is 2. The van der Waals surface area contributed by atoms with E-state index in [1.54, 1.807) is 11.8 Å². The monoisotopic (exact) mass is 393 g/mol. The Bertz CT molecular complexity index is 878. The fourth-order valence-electron chi connectivity index (χ4n) is 4.04. The van der Waals surface area contributed by atoms with Crippen molar-refractivity contribution in [3.63, 3.8) is 0 Å². The van der Waals surface area contributed by atoms with Crippen LogP contribution < -0.4 is 10.2 Å². The molecule has 0 bridgehead atoms. The van der Waals surface area contributed by atoms with Crippen LogP contribution in [0.25, 0.3) is 0 Å². The molecule has 7 heteroatoms. The molecule has 0 saturated carbocycles. The van der Waals surface area contributed by atoms with Gasteiger partial charge in [0.2, 0.25) is 11.8 Å². The minimum atomic E-state index is 0.00421. The van der Waals surface area contributed by atoms with Gasteiger partial charge in [-0.2, -0.15) is 0 Å². The predicted molar refractivity (Wildman–Crippen MR) is 113 cm³/mol. The van der Waals surface area contributed by atoms with Gasteiger partial charge < -0.3 is 10.2 Å². The van der Waals surface area contributed by atoms with Crippen LogP contribution in [0.4, 0.5) is 11.4 Å². The summed E-state index contributed by atoms with van der Waals surface area (Å²) in [5.41, 5.74) is 3.95. The van der Waals surface area contributed by atoms with Crippen molar-refractivity contribution in [1.82, 2.24) is 14.8 Å². The van der Waals surface area contributed by atoms with E-state index in [1.165, 1.54) is 0 Å². The molecule has 0 radical (unpaired) electrons. The van der Waals surface area contributed by atoms with Crippen molar-refractivity contribution >= 4 is 23.2 Å². The number of nitrogens with zero attached hydrogens (tertiary/aromatic N) is 4. The second-order valence-electron chi connectivity index (χ2n) is 7.69. The van der Waals surface area contributed by atoms with Gasteiger partial charge in [-0.15, -0.1) is 0 Å². The molecule has 1 N–H and O–H groups in total. The van der Waals surface area contributed by atoms with Crippen molar-refractivity contribution < 1.29 is 9.59 Å². The second-order valence-corrected chi connectivity index (χ2v) is 7.69. The number of hydrogen-bond acceptors (Lipinski definition) is 5. The van der Waals surface area contributed by atoms with Crippen LogP contribution in [-0.4, -0.2) is 65.9 Å². The van der Waals surface area contributed by atoms with Gasteiger partial charge in [0.05, 0.1) is 12.2 Å². The molecule has 3 heterocycles. The summed E-state index contributed by atoms with van der Waals surface area (Å²) < 4.78 is 0. The average Bonchev–Trinajstić information content (AvgIpc) is 3.14. The first kappa shape index (κ1) is 19.5. The molecule has 1 saturated heterocycles. The molecule has 0 unspecified atom stereocenters. The standard InChI is InChI=1S/C22H27N5O2/c1-17(28)27-9-7-18-14-19(5-6-21(18)27)24-22(29)16-26-12-10-25(11-13-26)15-20-4-2-3-8-23-20/h2-6,8,14H,7,9-13,15-16H2,1H3,(H,24,29). The number of pyridine rings is 1. The molecule has 0 atom stereocenters. The van der Waals surface area contributed by atoms with E-state index in [2.05, 4.69) is 20.1 Å². The number of rotatable bonds is 5. The summed E-state index contributed by atoms with van der Waals surface area (Å²) in [6, 6.07) is 11.8. The number of fused-ring (bicyclic) bond motifs is 1. The molecule has 2 amide bonds. The SMILES string of the molecule is CC(=O)N1CCc2cc(NC(=O)CN3CCN(Cc4ccccn4)CC3)ccc21. The highest BCUT2D eigenvalue weighted by Crippen LogP contribution is 2.30.